The average molecular weight is 238 g/mol. The fourth-order valence-corrected chi connectivity index (χ4v) is 0. The van der Waals surface area contributed by atoms with E-state index in [1.165, 1.54) is 12.1 Å². The van der Waals surface area contributed by atoms with Crippen molar-refractivity contribution >= 4 is 103 Å². The molecule has 0 aliphatic carbocycles. The van der Waals surface area contributed by atoms with Gasteiger partial charge in [-0.05, 0) is 0 Å². The van der Waals surface area contributed by atoms with E-state index in [1.807, 2.05) is 0 Å². The van der Waals surface area contributed by atoms with E-state index in [0.29, 0.717) is 0 Å². The first-order chi connectivity index (χ1) is 1.91. The molecule has 0 aliphatic rings. The Morgan fingerprint density at radius 2 is 1.00 bits per heavy atom. The Kier molecular flexibility index (Phi) is 74.1. The SMILES string of the molecule is N#CC#N.[Ag].[K].[K]. The number of nitriles is 2. The Morgan fingerprint density at radius 1 is 0.857 bits per heavy atom. The van der Waals surface area contributed by atoms with Crippen molar-refractivity contribution in [1.29, 1.82) is 10.5 Å². The van der Waals surface area contributed by atoms with E-state index in [2.05, 4.69) is 0 Å². The largest absolute Gasteiger partial charge is 0.181 e. The zero-order valence-electron chi connectivity index (χ0n) is 4.20. The minimum atomic E-state index is 0. The number of rotatable bonds is 0. The molecule has 0 bridgehead atoms. The first kappa shape index (κ1) is 22.5. The van der Waals surface area contributed by atoms with E-state index < -0.39 is 0 Å². The van der Waals surface area contributed by atoms with Crippen LogP contribution in [0.1, 0.15) is 0 Å². The van der Waals surface area contributed by atoms with Gasteiger partial charge in [0.2, 0.25) is 0 Å². The van der Waals surface area contributed by atoms with Crippen molar-refractivity contribution in [1.82, 2.24) is 0 Å². The van der Waals surface area contributed by atoms with Crippen LogP contribution >= 0.6 is 0 Å². The maximum Gasteiger partial charge on any atom is 0.181 e. The van der Waals surface area contributed by atoms with E-state index in [1.54, 1.807) is 0 Å². The van der Waals surface area contributed by atoms with Crippen molar-refractivity contribution in [3.8, 4) is 12.1 Å². The van der Waals surface area contributed by atoms with E-state index in [0.717, 1.165) is 0 Å². The minimum Gasteiger partial charge on any atom is -0.181 e. The van der Waals surface area contributed by atoms with Crippen LogP contribution in [0.2, 0.25) is 0 Å². The molecule has 0 fully saturated rings. The van der Waals surface area contributed by atoms with Gasteiger partial charge in [-0.15, -0.1) is 0 Å². The summed E-state index contributed by atoms with van der Waals surface area (Å²) in [7, 11) is 0. The van der Waals surface area contributed by atoms with Crippen LogP contribution in [0.3, 0.4) is 0 Å². The molecule has 0 amide bonds. The van der Waals surface area contributed by atoms with E-state index in [9.17, 15) is 0 Å². The van der Waals surface area contributed by atoms with Crippen LogP contribution in [0.25, 0.3) is 0 Å². The molecule has 0 saturated heterocycles. The van der Waals surface area contributed by atoms with Gasteiger partial charge < -0.3 is 0 Å². The molecule has 3 radical (unpaired) electrons. The van der Waals surface area contributed by atoms with Crippen molar-refractivity contribution in [2.45, 2.75) is 0 Å². The van der Waals surface area contributed by atoms with Gasteiger partial charge in [-0.2, -0.15) is 10.5 Å². The molecule has 5 heteroatoms. The third-order valence-electron chi connectivity index (χ3n) is 0.0500. The van der Waals surface area contributed by atoms with Crippen molar-refractivity contribution in [3.63, 3.8) is 0 Å². The molecule has 0 rings (SSSR count). The summed E-state index contributed by atoms with van der Waals surface area (Å²) in [6.07, 6.45) is 0. The molecule has 0 aromatic heterocycles. The molecule has 2 nitrogen and oxygen atoms in total. The maximum atomic E-state index is 7.26. The van der Waals surface area contributed by atoms with Crippen molar-refractivity contribution in [3.05, 3.63) is 0 Å². The van der Waals surface area contributed by atoms with Crippen LogP contribution in [0.4, 0.5) is 0 Å². The molecule has 0 saturated carbocycles. The predicted molar refractivity (Wildman–Crippen MR) is 22.7 cm³/mol. The Bertz CT molecular complexity index is 68.7. The average Bonchev–Trinajstić information content (AvgIpc) is 1.37. The van der Waals surface area contributed by atoms with Crippen LogP contribution in [0.5, 0.6) is 0 Å². The van der Waals surface area contributed by atoms with Crippen LogP contribution in [0, 0.1) is 22.7 Å². The van der Waals surface area contributed by atoms with Gasteiger partial charge in [-0.3, -0.25) is 0 Å². The van der Waals surface area contributed by atoms with Gasteiger partial charge >= 0.3 is 0 Å². The molecule has 0 spiro atoms. The molecular formula is C2AgK2N2. The van der Waals surface area contributed by atoms with Gasteiger partial charge in [0.25, 0.3) is 0 Å². The second-order valence-electron chi connectivity index (χ2n) is 0.224. The first-order valence-electron chi connectivity index (χ1n) is 0.697. The molecule has 31 valence electrons. The van der Waals surface area contributed by atoms with Gasteiger partial charge in [-0.25, -0.2) is 0 Å². The summed E-state index contributed by atoms with van der Waals surface area (Å²) in [4.78, 5) is 0. The predicted octanol–water partition coefficient (Wildman–Crippen LogP) is -0.731. The number of hydrogen-bond acceptors (Lipinski definition) is 2. The first-order valence-corrected chi connectivity index (χ1v) is 0.697. The van der Waals surface area contributed by atoms with Gasteiger partial charge in [0.05, 0.1) is 0 Å². The Morgan fingerprint density at radius 3 is 1.00 bits per heavy atom. The smallest absolute Gasteiger partial charge is 0.181 e. The van der Waals surface area contributed by atoms with Gasteiger partial charge in [0, 0.05) is 125 Å². The summed E-state index contributed by atoms with van der Waals surface area (Å²) in [5, 5.41) is 14.5. The molecule has 0 atom stereocenters. The van der Waals surface area contributed by atoms with Crippen LogP contribution in [0.15, 0.2) is 0 Å². The monoisotopic (exact) mass is 237 g/mol. The number of hydrogen-bond donors (Lipinski definition) is 0. The molecule has 0 unspecified atom stereocenters. The van der Waals surface area contributed by atoms with Gasteiger partial charge in [0.1, 0.15) is 0 Å². The minimum absolute atomic E-state index is 0. The Labute approximate surface area is 143 Å². The standard InChI is InChI=1S/C2N2.Ag.2K/c3-1-2-4;;;. The fraction of sp³-hybridized carbons (Fsp3) is 0. The van der Waals surface area contributed by atoms with Crippen LogP contribution in [-0.4, -0.2) is 103 Å². The molecule has 7 heavy (non-hydrogen) atoms. The summed E-state index contributed by atoms with van der Waals surface area (Å²) in [5.41, 5.74) is 0. The van der Waals surface area contributed by atoms with E-state index in [4.69, 9.17) is 10.5 Å². The second kappa shape index (κ2) is 23.0. The van der Waals surface area contributed by atoms with E-state index in [-0.39, 0.29) is 125 Å². The Hall–Kier alpha value is 2.99. The zero-order chi connectivity index (χ0) is 3.41. The molecule has 0 aromatic rings. The summed E-state index contributed by atoms with van der Waals surface area (Å²) in [6.45, 7) is 0. The van der Waals surface area contributed by atoms with Crippen molar-refractivity contribution < 1.29 is 22.4 Å². The third kappa shape index (κ3) is 27.6. The fourth-order valence-electron chi connectivity index (χ4n) is 0. The summed E-state index contributed by atoms with van der Waals surface area (Å²) in [6, 6.07) is 2.47. The quantitative estimate of drug-likeness (QED) is 0.522. The molecular weight excluding hydrogens is 238 g/mol. The van der Waals surface area contributed by atoms with E-state index >= 15 is 0 Å². The molecule has 0 aliphatic heterocycles. The summed E-state index contributed by atoms with van der Waals surface area (Å²) >= 11 is 0. The van der Waals surface area contributed by atoms with Crippen molar-refractivity contribution in [2.75, 3.05) is 0 Å². The zero-order valence-corrected chi connectivity index (χ0v) is 11.9. The third-order valence-corrected chi connectivity index (χ3v) is 0.0500. The number of nitrogens with zero attached hydrogens (tertiary/aromatic N) is 2. The topological polar surface area (TPSA) is 47.6 Å². The Balaban J connectivity index is -0.0000000150. The summed E-state index contributed by atoms with van der Waals surface area (Å²) < 4.78 is 0. The van der Waals surface area contributed by atoms with Gasteiger partial charge in [0.15, 0.2) is 12.1 Å². The van der Waals surface area contributed by atoms with Crippen molar-refractivity contribution in [2.24, 2.45) is 0 Å². The van der Waals surface area contributed by atoms with Gasteiger partial charge in [-0.1, -0.05) is 0 Å². The normalized spacial score (nSPS) is 1.43. The molecule has 0 N–H and O–H groups in total. The molecule has 0 aromatic carbocycles. The second-order valence-corrected chi connectivity index (χ2v) is 0.224. The van der Waals surface area contributed by atoms with Crippen LogP contribution < -0.4 is 0 Å². The summed E-state index contributed by atoms with van der Waals surface area (Å²) in [5.74, 6) is 0. The molecule has 0 heterocycles. The van der Waals surface area contributed by atoms with Crippen LogP contribution in [-0.2, 0) is 22.4 Å². The maximum absolute atomic E-state index is 7.26.